The molecule has 92 valence electrons. The lowest BCUT2D eigenvalue weighted by molar-refractivity contribution is -0.122. The number of rotatable bonds is 1. The van der Waals surface area contributed by atoms with Crippen LogP contribution in [0.25, 0.3) is 6.08 Å². The van der Waals surface area contributed by atoms with Crippen LogP contribution in [0.1, 0.15) is 31.2 Å². The van der Waals surface area contributed by atoms with Crippen LogP contribution in [-0.2, 0) is 4.79 Å². The maximum atomic E-state index is 12.2. The normalized spacial score (nSPS) is 21.8. The molecule has 0 radical (unpaired) electrons. The molecule has 18 heavy (non-hydrogen) atoms. The number of carbonyl (C=O) groups excluding carboxylic acids is 1. The maximum absolute atomic E-state index is 12.2. The molecule has 3 heterocycles. The van der Waals surface area contributed by atoms with Crippen molar-refractivity contribution < 1.29 is 4.79 Å². The summed E-state index contributed by atoms with van der Waals surface area (Å²) in [4.78, 5) is 22.5. The highest BCUT2D eigenvalue weighted by molar-refractivity contribution is 6.14. The zero-order chi connectivity index (χ0) is 12.4. The van der Waals surface area contributed by atoms with Gasteiger partial charge in [-0.3, -0.25) is 14.7 Å². The van der Waals surface area contributed by atoms with E-state index in [0.717, 1.165) is 37.2 Å². The van der Waals surface area contributed by atoms with Crippen molar-refractivity contribution in [2.75, 3.05) is 6.54 Å². The molecule has 0 N–H and O–H groups in total. The molecule has 0 unspecified atom stereocenters. The Morgan fingerprint density at radius 1 is 1.17 bits per heavy atom. The predicted molar refractivity (Wildman–Crippen MR) is 69.8 cm³/mol. The fraction of sp³-hybridized carbons (Fsp3) is 0.357. The fourth-order valence-electron chi connectivity index (χ4n) is 2.37. The minimum atomic E-state index is 0.0451. The summed E-state index contributed by atoms with van der Waals surface area (Å²) in [6, 6.07) is 3.76. The molecular weight excluding hydrogens is 226 g/mol. The van der Waals surface area contributed by atoms with Crippen LogP contribution in [0.3, 0.4) is 0 Å². The van der Waals surface area contributed by atoms with Crippen molar-refractivity contribution in [1.29, 1.82) is 0 Å². The summed E-state index contributed by atoms with van der Waals surface area (Å²) in [6.45, 7) is 0.811. The molecule has 2 aliphatic rings. The van der Waals surface area contributed by atoms with Gasteiger partial charge in [0.25, 0.3) is 5.91 Å². The fourth-order valence-corrected chi connectivity index (χ4v) is 2.37. The van der Waals surface area contributed by atoms with Crippen molar-refractivity contribution in [2.45, 2.75) is 25.7 Å². The van der Waals surface area contributed by atoms with Gasteiger partial charge in [0, 0.05) is 25.4 Å². The zero-order valence-corrected chi connectivity index (χ0v) is 10.2. The molecule has 0 atom stereocenters. The van der Waals surface area contributed by atoms with Crippen molar-refractivity contribution in [3.05, 3.63) is 35.8 Å². The molecule has 1 fully saturated rings. The third-order valence-corrected chi connectivity index (χ3v) is 3.32. The number of aliphatic imine (C=N–C) groups is 1. The first-order valence-electron chi connectivity index (χ1n) is 6.36. The SMILES string of the molecule is O=C1/C(=C/c2ccncc2)N=C2CCCCCN12. The van der Waals surface area contributed by atoms with Crippen molar-refractivity contribution in [2.24, 2.45) is 4.99 Å². The second-order valence-corrected chi connectivity index (χ2v) is 4.61. The first-order valence-corrected chi connectivity index (χ1v) is 6.36. The lowest BCUT2D eigenvalue weighted by Crippen LogP contribution is -2.31. The molecule has 1 amide bonds. The van der Waals surface area contributed by atoms with Crippen LogP contribution in [0.4, 0.5) is 0 Å². The number of hydrogen-bond donors (Lipinski definition) is 0. The van der Waals surface area contributed by atoms with E-state index in [1.54, 1.807) is 12.4 Å². The third kappa shape index (κ3) is 2.06. The Balaban J connectivity index is 1.91. The second kappa shape index (κ2) is 4.72. The van der Waals surface area contributed by atoms with Crippen LogP contribution in [0.2, 0.25) is 0 Å². The number of pyridine rings is 1. The van der Waals surface area contributed by atoms with Gasteiger partial charge in [-0.2, -0.15) is 0 Å². The quantitative estimate of drug-likeness (QED) is 0.708. The van der Waals surface area contributed by atoms with Gasteiger partial charge in [0.2, 0.25) is 0 Å². The largest absolute Gasteiger partial charge is 0.295 e. The summed E-state index contributed by atoms with van der Waals surface area (Å²) >= 11 is 0. The van der Waals surface area contributed by atoms with E-state index in [1.807, 2.05) is 23.1 Å². The Bertz CT molecular complexity index is 519. The number of nitrogens with zero attached hydrogens (tertiary/aromatic N) is 3. The highest BCUT2D eigenvalue weighted by Crippen LogP contribution is 2.23. The molecule has 1 aromatic rings. The van der Waals surface area contributed by atoms with Crippen molar-refractivity contribution >= 4 is 17.8 Å². The average molecular weight is 241 g/mol. The standard InChI is InChI=1S/C14H15N3O/c18-14-12(10-11-5-7-15-8-6-11)16-13-4-2-1-3-9-17(13)14/h5-8,10H,1-4,9H2/b12-10-. The van der Waals surface area contributed by atoms with Gasteiger partial charge >= 0.3 is 0 Å². The van der Waals surface area contributed by atoms with E-state index >= 15 is 0 Å². The summed E-state index contributed by atoms with van der Waals surface area (Å²) in [5, 5.41) is 0. The van der Waals surface area contributed by atoms with Crippen LogP contribution < -0.4 is 0 Å². The van der Waals surface area contributed by atoms with E-state index in [1.165, 1.54) is 6.42 Å². The summed E-state index contributed by atoms with van der Waals surface area (Å²) in [5.41, 5.74) is 1.52. The summed E-state index contributed by atoms with van der Waals surface area (Å²) in [5.74, 6) is 0.988. The number of aromatic nitrogens is 1. The zero-order valence-electron chi connectivity index (χ0n) is 10.2. The highest BCUT2D eigenvalue weighted by atomic mass is 16.2. The molecule has 1 saturated heterocycles. The summed E-state index contributed by atoms with van der Waals surface area (Å²) in [7, 11) is 0. The van der Waals surface area contributed by atoms with Gasteiger partial charge < -0.3 is 0 Å². The minimum absolute atomic E-state index is 0.0451. The first-order chi connectivity index (χ1) is 8.84. The number of amidine groups is 1. The Hall–Kier alpha value is -1.97. The molecule has 3 rings (SSSR count). The molecule has 0 saturated carbocycles. The van der Waals surface area contributed by atoms with Crippen LogP contribution in [-0.4, -0.2) is 28.2 Å². The summed E-state index contributed by atoms with van der Waals surface area (Å²) in [6.07, 6.45) is 9.59. The van der Waals surface area contributed by atoms with Gasteiger partial charge in [0.15, 0.2) is 0 Å². The Kier molecular flexibility index (Phi) is 2.92. The summed E-state index contributed by atoms with van der Waals surface area (Å²) < 4.78 is 0. The molecule has 2 aliphatic heterocycles. The molecule has 0 spiro atoms. The van der Waals surface area contributed by atoms with E-state index in [2.05, 4.69) is 9.98 Å². The van der Waals surface area contributed by atoms with Crippen LogP contribution in [0, 0.1) is 0 Å². The van der Waals surface area contributed by atoms with Gasteiger partial charge in [0.05, 0.1) is 0 Å². The van der Waals surface area contributed by atoms with Gasteiger partial charge in [-0.15, -0.1) is 0 Å². The molecule has 0 bridgehead atoms. The Labute approximate surface area is 106 Å². The topological polar surface area (TPSA) is 45.6 Å². The monoisotopic (exact) mass is 241 g/mol. The highest BCUT2D eigenvalue weighted by Gasteiger charge is 2.30. The Morgan fingerprint density at radius 2 is 2.00 bits per heavy atom. The third-order valence-electron chi connectivity index (χ3n) is 3.32. The van der Waals surface area contributed by atoms with Gasteiger partial charge in [0.1, 0.15) is 11.5 Å². The number of amides is 1. The van der Waals surface area contributed by atoms with Crippen molar-refractivity contribution in [1.82, 2.24) is 9.88 Å². The molecule has 0 aromatic carbocycles. The number of carbonyl (C=O) groups is 1. The van der Waals surface area contributed by atoms with Crippen LogP contribution in [0.5, 0.6) is 0 Å². The molecule has 4 heteroatoms. The lowest BCUT2D eigenvalue weighted by Gasteiger charge is -2.13. The predicted octanol–water partition coefficient (Wildman–Crippen LogP) is 2.24. The molecule has 0 aliphatic carbocycles. The second-order valence-electron chi connectivity index (χ2n) is 4.61. The van der Waals surface area contributed by atoms with Crippen molar-refractivity contribution in [3.8, 4) is 0 Å². The van der Waals surface area contributed by atoms with E-state index in [9.17, 15) is 4.79 Å². The van der Waals surface area contributed by atoms with Crippen molar-refractivity contribution in [3.63, 3.8) is 0 Å². The van der Waals surface area contributed by atoms with E-state index in [0.29, 0.717) is 5.70 Å². The van der Waals surface area contributed by atoms with E-state index in [-0.39, 0.29) is 5.91 Å². The van der Waals surface area contributed by atoms with Gasteiger partial charge in [-0.25, -0.2) is 4.99 Å². The van der Waals surface area contributed by atoms with Crippen LogP contribution >= 0.6 is 0 Å². The van der Waals surface area contributed by atoms with Gasteiger partial charge in [-0.1, -0.05) is 6.42 Å². The van der Waals surface area contributed by atoms with Crippen LogP contribution in [0.15, 0.2) is 35.2 Å². The maximum Gasteiger partial charge on any atom is 0.277 e. The smallest absolute Gasteiger partial charge is 0.277 e. The minimum Gasteiger partial charge on any atom is -0.295 e. The van der Waals surface area contributed by atoms with Gasteiger partial charge in [-0.05, 0) is 36.6 Å². The average Bonchev–Trinajstić information content (AvgIpc) is 2.58. The lowest BCUT2D eigenvalue weighted by atomic mass is 10.2. The van der Waals surface area contributed by atoms with E-state index in [4.69, 9.17) is 0 Å². The number of fused-ring (bicyclic) bond motifs is 1. The first kappa shape index (κ1) is 11.1. The molecule has 1 aromatic heterocycles. The Morgan fingerprint density at radius 3 is 2.83 bits per heavy atom. The number of hydrogen-bond acceptors (Lipinski definition) is 3. The van der Waals surface area contributed by atoms with E-state index < -0.39 is 0 Å². The molecular formula is C14H15N3O. The molecule has 4 nitrogen and oxygen atoms in total.